The highest BCUT2D eigenvalue weighted by atomic mass is 35.5. The van der Waals surface area contributed by atoms with Gasteiger partial charge < -0.3 is 10.1 Å². The molecule has 0 radical (unpaired) electrons. The number of benzene rings is 2. The minimum Gasteiger partial charge on any atom is -0.494 e. The van der Waals surface area contributed by atoms with Crippen molar-refractivity contribution < 1.29 is 9.53 Å². The highest BCUT2D eigenvalue weighted by Gasteiger charge is 2.17. The van der Waals surface area contributed by atoms with Gasteiger partial charge >= 0.3 is 0 Å². The zero-order valence-corrected chi connectivity index (χ0v) is 12.6. The molecular weight excluding hydrogens is 300 g/mol. The molecule has 0 fully saturated rings. The summed E-state index contributed by atoms with van der Waals surface area (Å²) in [5.41, 5.74) is 1.87. The lowest BCUT2D eigenvalue weighted by atomic mass is 10.1. The number of para-hydroxylation sites is 1. The predicted molar refractivity (Wildman–Crippen MR) is 87.7 cm³/mol. The first-order valence-corrected chi connectivity index (χ1v) is 7.05. The number of methoxy groups -OCH3 is 1. The molecule has 0 aliphatic heterocycles. The Bertz CT molecular complexity index is 832. The van der Waals surface area contributed by atoms with E-state index in [1.165, 1.54) is 7.11 Å². The standard InChI is InChI=1S/C17H13ClN2O2/c1-22-15-10-19-14-5-3-2-4-13(14)16(15)17(21)20-12-8-6-11(18)7-9-12/h2-10H,1H3,(H,20,21). The number of nitrogens with zero attached hydrogens (tertiary/aromatic N) is 1. The number of carbonyl (C=O) groups excluding carboxylic acids is 1. The second-order valence-corrected chi connectivity index (χ2v) is 5.12. The molecule has 0 aliphatic carbocycles. The van der Waals surface area contributed by atoms with Gasteiger partial charge in [-0.1, -0.05) is 29.8 Å². The third-order valence-corrected chi connectivity index (χ3v) is 3.54. The Morgan fingerprint density at radius 2 is 1.86 bits per heavy atom. The number of rotatable bonds is 3. The number of aromatic nitrogens is 1. The molecule has 1 amide bonds. The van der Waals surface area contributed by atoms with E-state index in [0.29, 0.717) is 22.0 Å². The van der Waals surface area contributed by atoms with Gasteiger partial charge in [-0.3, -0.25) is 9.78 Å². The number of halogens is 1. The summed E-state index contributed by atoms with van der Waals surface area (Å²) < 4.78 is 5.29. The number of pyridine rings is 1. The van der Waals surface area contributed by atoms with E-state index in [4.69, 9.17) is 16.3 Å². The van der Waals surface area contributed by atoms with Crippen molar-refractivity contribution in [2.24, 2.45) is 0 Å². The number of amides is 1. The Labute approximate surface area is 132 Å². The number of ether oxygens (including phenoxy) is 1. The average Bonchev–Trinajstić information content (AvgIpc) is 2.55. The second-order valence-electron chi connectivity index (χ2n) is 4.68. The van der Waals surface area contributed by atoms with Crippen molar-refractivity contribution in [3.63, 3.8) is 0 Å². The van der Waals surface area contributed by atoms with Gasteiger partial charge in [0.1, 0.15) is 0 Å². The fourth-order valence-electron chi connectivity index (χ4n) is 2.24. The number of nitrogens with one attached hydrogen (secondary N) is 1. The van der Waals surface area contributed by atoms with Crippen molar-refractivity contribution in [2.75, 3.05) is 12.4 Å². The SMILES string of the molecule is COc1cnc2ccccc2c1C(=O)Nc1ccc(Cl)cc1. The van der Waals surface area contributed by atoms with Gasteiger partial charge in [0.05, 0.1) is 24.4 Å². The van der Waals surface area contributed by atoms with E-state index in [1.807, 2.05) is 24.3 Å². The van der Waals surface area contributed by atoms with Crippen molar-refractivity contribution in [3.8, 4) is 5.75 Å². The van der Waals surface area contributed by atoms with E-state index < -0.39 is 0 Å². The van der Waals surface area contributed by atoms with Crippen LogP contribution < -0.4 is 10.1 Å². The van der Waals surface area contributed by atoms with Crippen molar-refractivity contribution in [2.45, 2.75) is 0 Å². The van der Waals surface area contributed by atoms with Gasteiger partial charge in [-0.25, -0.2) is 0 Å². The largest absolute Gasteiger partial charge is 0.494 e. The zero-order valence-electron chi connectivity index (χ0n) is 11.8. The molecule has 1 heterocycles. The summed E-state index contributed by atoms with van der Waals surface area (Å²) in [5.74, 6) is 0.183. The van der Waals surface area contributed by atoms with E-state index in [-0.39, 0.29) is 5.91 Å². The second kappa shape index (κ2) is 6.03. The average molecular weight is 313 g/mol. The molecule has 3 aromatic rings. The molecule has 5 heteroatoms. The minimum absolute atomic E-state index is 0.252. The molecule has 0 spiro atoms. The molecule has 4 nitrogen and oxygen atoms in total. The van der Waals surface area contributed by atoms with E-state index in [2.05, 4.69) is 10.3 Å². The Morgan fingerprint density at radius 1 is 1.14 bits per heavy atom. The Balaban J connectivity index is 2.04. The van der Waals surface area contributed by atoms with Gasteiger partial charge in [0.2, 0.25) is 0 Å². The molecule has 1 aromatic heterocycles. The molecule has 0 saturated carbocycles. The quantitative estimate of drug-likeness (QED) is 0.790. The molecule has 0 unspecified atom stereocenters. The fraction of sp³-hybridized carbons (Fsp3) is 0.0588. The Kier molecular flexibility index (Phi) is 3.94. The number of fused-ring (bicyclic) bond motifs is 1. The summed E-state index contributed by atoms with van der Waals surface area (Å²) in [4.78, 5) is 16.9. The van der Waals surface area contributed by atoms with Gasteiger partial charge in [0.25, 0.3) is 5.91 Å². The molecule has 0 aliphatic rings. The summed E-state index contributed by atoms with van der Waals surface area (Å²) >= 11 is 5.85. The Morgan fingerprint density at radius 3 is 2.59 bits per heavy atom. The van der Waals surface area contributed by atoms with Crippen LogP contribution in [-0.2, 0) is 0 Å². The first-order valence-electron chi connectivity index (χ1n) is 6.67. The normalized spacial score (nSPS) is 10.5. The molecule has 0 bridgehead atoms. The summed E-state index contributed by atoms with van der Waals surface area (Å²) in [7, 11) is 1.52. The lowest BCUT2D eigenvalue weighted by Crippen LogP contribution is -2.14. The van der Waals surface area contributed by atoms with Crippen LogP contribution in [0.15, 0.2) is 54.7 Å². The van der Waals surface area contributed by atoms with Crippen molar-refractivity contribution >= 4 is 34.1 Å². The lowest BCUT2D eigenvalue weighted by molar-refractivity contribution is 0.102. The number of hydrogen-bond acceptors (Lipinski definition) is 3. The van der Waals surface area contributed by atoms with Gasteiger partial charge in [-0.15, -0.1) is 0 Å². The van der Waals surface area contributed by atoms with E-state index in [1.54, 1.807) is 30.5 Å². The van der Waals surface area contributed by atoms with Crippen LogP contribution in [0.5, 0.6) is 5.75 Å². The van der Waals surface area contributed by atoms with Crippen LogP contribution in [0.1, 0.15) is 10.4 Å². The molecule has 0 atom stereocenters. The molecular formula is C17H13ClN2O2. The molecule has 1 N–H and O–H groups in total. The maximum atomic E-state index is 12.6. The van der Waals surface area contributed by atoms with Gasteiger partial charge in [0, 0.05) is 16.1 Å². The summed E-state index contributed by atoms with van der Waals surface area (Å²) in [6, 6.07) is 14.4. The van der Waals surface area contributed by atoms with E-state index in [0.717, 1.165) is 10.9 Å². The van der Waals surface area contributed by atoms with Gasteiger partial charge in [-0.2, -0.15) is 0 Å². The highest BCUT2D eigenvalue weighted by molar-refractivity contribution is 6.30. The van der Waals surface area contributed by atoms with Gasteiger partial charge in [-0.05, 0) is 30.3 Å². The molecule has 0 saturated heterocycles. The van der Waals surface area contributed by atoms with Crippen LogP contribution in [0.4, 0.5) is 5.69 Å². The maximum Gasteiger partial charge on any atom is 0.260 e. The summed E-state index contributed by atoms with van der Waals surface area (Å²) in [6.07, 6.45) is 1.55. The van der Waals surface area contributed by atoms with Crippen molar-refractivity contribution in [1.82, 2.24) is 4.98 Å². The van der Waals surface area contributed by atoms with E-state index >= 15 is 0 Å². The smallest absolute Gasteiger partial charge is 0.260 e. The van der Waals surface area contributed by atoms with Crippen LogP contribution in [0.3, 0.4) is 0 Å². The van der Waals surface area contributed by atoms with Crippen LogP contribution in [0.25, 0.3) is 10.9 Å². The lowest BCUT2D eigenvalue weighted by Gasteiger charge is -2.11. The first kappa shape index (κ1) is 14.4. The molecule has 110 valence electrons. The highest BCUT2D eigenvalue weighted by Crippen LogP contribution is 2.27. The molecule has 22 heavy (non-hydrogen) atoms. The topological polar surface area (TPSA) is 51.2 Å². The molecule has 3 rings (SSSR count). The number of hydrogen-bond donors (Lipinski definition) is 1. The van der Waals surface area contributed by atoms with Crippen LogP contribution in [0, 0.1) is 0 Å². The van der Waals surface area contributed by atoms with Gasteiger partial charge in [0.15, 0.2) is 5.75 Å². The zero-order chi connectivity index (χ0) is 15.5. The predicted octanol–water partition coefficient (Wildman–Crippen LogP) is 4.15. The fourth-order valence-corrected chi connectivity index (χ4v) is 2.36. The Hall–Kier alpha value is -2.59. The van der Waals surface area contributed by atoms with E-state index in [9.17, 15) is 4.79 Å². The third kappa shape index (κ3) is 2.73. The van der Waals surface area contributed by atoms with Crippen LogP contribution >= 0.6 is 11.6 Å². The van der Waals surface area contributed by atoms with Crippen LogP contribution in [-0.4, -0.2) is 18.0 Å². The molecule has 2 aromatic carbocycles. The third-order valence-electron chi connectivity index (χ3n) is 3.29. The monoisotopic (exact) mass is 312 g/mol. The maximum absolute atomic E-state index is 12.6. The van der Waals surface area contributed by atoms with Crippen molar-refractivity contribution in [3.05, 3.63) is 65.3 Å². The summed E-state index contributed by atoms with van der Waals surface area (Å²) in [6.45, 7) is 0. The number of carbonyl (C=O) groups is 1. The van der Waals surface area contributed by atoms with Crippen LogP contribution in [0.2, 0.25) is 5.02 Å². The number of anilines is 1. The minimum atomic E-state index is -0.252. The van der Waals surface area contributed by atoms with Crippen molar-refractivity contribution in [1.29, 1.82) is 0 Å². The first-order chi connectivity index (χ1) is 10.7. The summed E-state index contributed by atoms with van der Waals surface area (Å²) in [5, 5.41) is 4.21.